The van der Waals surface area contributed by atoms with Gasteiger partial charge < -0.3 is 34.3 Å². The van der Waals surface area contributed by atoms with Crippen LogP contribution in [0.5, 0.6) is 0 Å². The van der Waals surface area contributed by atoms with E-state index in [2.05, 4.69) is 78.8 Å². The predicted molar refractivity (Wildman–Crippen MR) is 271 cm³/mol. The zero-order valence-electron chi connectivity index (χ0n) is 41.9. The highest BCUT2D eigenvalue weighted by Gasteiger charge is 2.48. The van der Waals surface area contributed by atoms with E-state index in [-0.39, 0.29) is 19.6 Å². The standard InChI is InChI=1S/C54H96O12S/c1-3-5-7-9-11-13-15-17-19-21-23-24-25-26-28-30-32-34-36-38-40-42-44-62-46-48(47-63-54-52(58)53(66-67(59,60)61)51(57)49(45-55)65-54)64-50(56)43-41-39-37-35-33-31-29-27-22-20-18-16-14-12-10-8-6-4-2/h14-17,20-23,25-26,48-49,51-55,57-58H,3-13,18-19,24,27-47H2,1-2H3,(H,59,60,61)/b16-14-,17-15-,22-20-,23-21-,26-25-. The van der Waals surface area contributed by atoms with Gasteiger partial charge in [-0.2, -0.15) is 8.42 Å². The molecule has 390 valence electrons. The molecule has 67 heavy (non-hydrogen) atoms. The first-order chi connectivity index (χ1) is 32.6. The number of hydrogen-bond donors (Lipinski definition) is 4. The summed E-state index contributed by atoms with van der Waals surface area (Å²) in [5.74, 6) is -0.411. The van der Waals surface area contributed by atoms with E-state index in [9.17, 15) is 33.1 Å². The third kappa shape index (κ3) is 38.3. The molecule has 0 aromatic heterocycles. The molecular weight excluding hydrogens is 873 g/mol. The Morgan fingerprint density at radius 3 is 1.45 bits per heavy atom. The van der Waals surface area contributed by atoms with Gasteiger partial charge in [-0.3, -0.25) is 9.35 Å². The molecule has 0 aromatic carbocycles. The van der Waals surface area contributed by atoms with E-state index in [1.165, 1.54) is 109 Å². The van der Waals surface area contributed by atoms with Gasteiger partial charge in [-0.15, -0.1) is 0 Å². The molecule has 0 spiro atoms. The van der Waals surface area contributed by atoms with Crippen LogP contribution in [0.15, 0.2) is 60.8 Å². The lowest BCUT2D eigenvalue weighted by molar-refractivity contribution is -0.301. The Morgan fingerprint density at radius 1 is 0.567 bits per heavy atom. The fourth-order valence-electron chi connectivity index (χ4n) is 7.83. The maximum Gasteiger partial charge on any atom is 0.397 e. The van der Waals surface area contributed by atoms with Crippen molar-refractivity contribution >= 4 is 16.4 Å². The summed E-state index contributed by atoms with van der Waals surface area (Å²) < 4.78 is 59.3. The SMILES string of the molecule is CCCCCC/C=C\C/C=C\CCCCCCCCCC(=O)OC(COCCCCCCCCC/C=C\C/C=C\C/C=C\CCCCCCC)COC1OC(CO)C(O)C(OS(=O)(=O)O)C1O. The van der Waals surface area contributed by atoms with E-state index in [0.29, 0.717) is 13.0 Å². The minimum atomic E-state index is -5.07. The molecule has 0 saturated carbocycles. The van der Waals surface area contributed by atoms with Crippen LogP contribution in [0.4, 0.5) is 0 Å². The highest BCUT2D eigenvalue weighted by atomic mass is 32.3. The molecule has 1 rings (SSSR count). The van der Waals surface area contributed by atoms with Gasteiger partial charge in [0.25, 0.3) is 0 Å². The molecule has 1 aliphatic rings. The first-order valence-corrected chi connectivity index (χ1v) is 27.9. The molecule has 0 aromatic rings. The molecule has 1 saturated heterocycles. The van der Waals surface area contributed by atoms with Crippen molar-refractivity contribution in [1.82, 2.24) is 0 Å². The van der Waals surface area contributed by atoms with Crippen LogP contribution >= 0.6 is 0 Å². The zero-order valence-corrected chi connectivity index (χ0v) is 42.8. The number of carbonyl (C=O) groups excluding carboxylic acids is 1. The number of carbonyl (C=O) groups is 1. The maximum atomic E-state index is 12.9. The lowest BCUT2D eigenvalue weighted by Gasteiger charge is -2.41. The van der Waals surface area contributed by atoms with E-state index >= 15 is 0 Å². The van der Waals surface area contributed by atoms with Gasteiger partial charge in [0.05, 0.1) is 19.8 Å². The van der Waals surface area contributed by atoms with Crippen LogP contribution in [0.25, 0.3) is 0 Å². The van der Waals surface area contributed by atoms with Crippen LogP contribution in [0.3, 0.4) is 0 Å². The molecule has 1 heterocycles. The Bertz CT molecular complexity index is 1400. The van der Waals surface area contributed by atoms with Crippen LogP contribution in [0.2, 0.25) is 0 Å². The van der Waals surface area contributed by atoms with Crippen molar-refractivity contribution in [2.75, 3.05) is 26.4 Å². The quantitative estimate of drug-likeness (QED) is 0.0197. The third-order valence-corrected chi connectivity index (χ3v) is 12.3. The first kappa shape index (κ1) is 62.8. The van der Waals surface area contributed by atoms with E-state index in [1.807, 2.05) is 0 Å². The molecular formula is C54H96O12S. The summed E-state index contributed by atoms with van der Waals surface area (Å²) in [5.41, 5.74) is 0. The molecule has 1 fully saturated rings. The second-order valence-corrected chi connectivity index (χ2v) is 19.2. The third-order valence-electron chi connectivity index (χ3n) is 11.9. The minimum absolute atomic E-state index is 0.0240. The first-order valence-electron chi connectivity index (χ1n) is 26.5. The monoisotopic (exact) mass is 969 g/mol. The van der Waals surface area contributed by atoms with Crippen molar-refractivity contribution in [3.8, 4) is 0 Å². The average Bonchev–Trinajstić information content (AvgIpc) is 3.30. The molecule has 13 heteroatoms. The molecule has 4 N–H and O–H groups in total. The van der Waals surface area contributed by atoms with Gasteiger partial charge in [0.15, 0.2) is 6.29 Å². The normalized spacial score (nSPS) is 19.9. The van der Waals surface area contributed by atoms with Crippen molar-refractivity contribution in [2.24, 2.45) is 0 Å². The highest BCUT2D eigenvalue weighted by Crippen LogP contribution is 2.26. The van der Waals surface area contributed by atoms with Crippen LogP contribution in [0.1, 0.15) is 213 Å². The number of rotatable bonds is 46. The predicted octanol–water partition coefficient (Wildman–Crippen LogP) is 12.5. The van der Waals surface area contributed by atoms with Crippen molar-refractivity contribution < 1.29 is 56.2 Å². The van der Waals surface area contributed by atoms with Crippen LogP contribution in [-0.4, -0.2) is 97.5 Å². The molecule has 0 aliphatic carbocycles. The van der Waals surface area contributed by atoms with Gasteiger partial charge in [-0.1, -0.05) is 184 Å². The van der Waals surface area contributed by atoms with E-state index in [4.69, 9.17) is 18.9 Å². The summed E-state index contributed by atoms with van der Waals surface area (Å²) in [5, 5.41) is 30.8. The number of aliphatic hydroxyl groups excluding tert-OH is 3. The number of aliphatic hydroxyl groups is 3. The van der Waals surface area contributed by atoms with Crippen molar-refractivity contribution in [3.05, 3.63) is 60.8 Å². The molecule has 1 aliphatic heterocycles. The molecule has 0 radical (unpaired) electrons. The van der Waals surface area contributed by atoms with Gasteiger partial charge in [-0.05, 0) is 83.5 Å². The van der Waals surface area contributed by atoms with Crippen molar-refractivity contribution in [2.45, 2.75) is 250 Å². The van der Waals surface area contributed by atoms with Gasteiger partial charge in [0.2, 0.25) is 0 Å². The lowest BCUT2D eigenvalue weighted by atomic mass is 9.99. The second kappa shape index (κ2) is 45.0. The smallest absolute Gasteiger partial charge is 0.397 e. The van der Waals surface area contributed by atoms with Crippen molar-refractivity contribution in [3.63, 3.8) is 0 Å². The van der Waals surface area contributed by atoms with Crippen LogP contribution in [-0.2, 0) is 38.3 Å². The summed E-state index contributed by atoms with van der Waals surface area (Å²) in [7, 11) is -5.07. The molecule has 6 unspecified atom stereocenters. The van der Waals surface area contributed by atoms with Crippen molar-refractivity contribution in [1.29, 1.82) is 0 Å². The Balaban J connectivity index is 2.37. The number of ether oxygens (including phenoxy) is 4. The zero-order chi connectivity index (χ0) is 48.9. The fourth-order valence-corrected chi connectivity index (χ4v) is 8.34. The van der Waals surface area contributed by atoms with E-state index in [0.717, 1.165) is 77.0 Å². The minimum Gasteiger partial charge on any atom is -0.457 e. The number of allylic oxidation sites excluding steroid dienone is 10. The van der Waals surface area contributed by atoms with Gasteiger partial charge in [-0.25, -0.2) is 4.18 Å². The topological polar surface area (TPSA) is 178 Å². The number of unbranched alkanes of at least 4 members (excludes halogenated alkanes) is 23. The Morgan fingerprint density at radius 2 is 0.985 bits per heavy atom. The average molecular weight is 969 g/mol. The molecule has 0 amide bonds. The van der Waals surface area contributed by atoms with Gasteiger partial charge in [0.1, 0.15) is 30.5 Å². The van der Waals surface area contributed by atoms with Gasteiger partial charge >= 0.3 is 16.4 Å². The summed E-state index contributed by atoms with van der Waals surface area (Å²) in [4.78, 5) is 12.9. The molecule has 0 bridgehead atoms. The van der Waals surface area contributed by atoms with Gasteiger partial charge in [0, 0.05) is 13.0 Å². The molecule has 12 nitrogen and oxygen atoms in total. The summed E-state index contributed by atoms with van der Waals surface area (Å²) in [6.07, 6.45) is 48.2. The van der Waals surface area contributed by atoms with Crippen LogP contribution in [0, 0.1) is 0 Å². The highest BCUT2D eigenvalue weighted by molar-refractivity contribution is 7.80. The van der Waals surface area contributed by atoms with E-state index < -0.39 is 59.8 Å². The Labute approximate surface area is 408 Å². The maximum absolute atomic E-state index is 12.9. The number of esters is 1. The van der Waals surface area contributed by atoms with E-state index in [1.54, 1.807) is 0 Å². The second-order valence-electron chi connectivity index (χ2n) is 18.1. The summed E-state index contributed by atoms with van der Waals surface area (Å²) >= 11 is 0. The summed E-state index contributed by atoms with van der Waals surface area (Å²) in [6, 6.07) is 0. The lowest BCUT2D eigenvalue weighted by Crippen LogP contribution is -2.60. The summed E-state index contributed by atoms with van der Waals surface area (Å²) in [6.45, 7) is 3.94. The van der Waals surface area contributed by atoms with Crippen LogP contribution < -0.4 is 0 Å². The molecule has 6 atom stereocenters. The fraction of sp³-hybridized carbons (Fsp3) is 0.796. The largest absolute Gasteiger partial charge is 0.457 e. The number of hydrogen-bond acceptors (Lipinski definition) is 11. The Hall–Kier alpha value is -2.20. The Kier molecular flexibility index (Phi) is 42.2.